The summed E-state index contributed by atoms with van der Waals surface area (Å²) in [6.45, 7) is 8.88. The quantitative estimate of drug-likeness (QED) is 0.417. The van der Waals surface area contributed by atoms with Gasteiger partial charge in [0.2, 0.25) is 5.88 Å². The van der Waals surface area contributed by atoms with Gasteiger partial charge in [0, 0.05) is 25.2 Å². The maximum absolute atomic E-state index is 14.5. The van der Waals surface area contributed by atoms with Crippen molar-refractivity contribution in [2.75, 3.05) is 13.2 Å². The van der Waals surface area contributed by atoms with E-state index in [1.54, 1.807) is 4.68 Å². The number of nitrogens with zero attached hydrogens (tertiary/aromatic N) is 3. The van der Waals surface area contributed by atoms with Crippen LogP contribution in [-0.2, 0) is 11.3 Å². The molecule has 8 heteroatoms. The number of aromatic nitrogens is 2. The fraction of sp³-hybridized carbons (Fsp3) is 0.444. The number of aliphatic hydroxyl groups is 1. The van der Waals surface area contributed by atoms with Crippen molar-refractivity contribution in [1.82, 2.24) is 14.7 Å². The summed E-state index contributed by atoms with van der Waals surface area (Å²) in [6.07, 6.45) is 1.43. The molecule has 4 rings (SSSR count). The van der Waals surface area contributed by atoms with Gasteiger partial charge < -0.3 is 14.6 Å². The molecule has 35 heavy (non-hydrogen) atoms. The molecule has 0 aliphatic heterocycles. The van der Waals surface area contributed by atoms with Gasteiger partial charge in [-0.2, -0.15) is 5.10 Å². The molecule has 1 atom stereocenters. The molecule has 1 aliphatic carbocycles. The van der Waals surface area contributed by atoms with Crippen LogP contribution < -0.4 is 4.74 Å². The second kappa shape index (κ2) is 10.4. The van der Waals surface area contributed by atoms with Crippen LogP contribution in [0.1, 0.15) is 44.9 Å². The number of aryl methyl sites for hydroxylation is 1. The number of hydrogen-bond acceptors (Lipinski definition) is 5. The van der Waals surface area contributed by atoms with Crippen molar-refractivity contribution in [1.29, 1.82) is 0 Å². The van der Waals surface area contributed by atoms with Crippen LogP contribution in [0.2, 0.25) is 0 Å². The smallest absolute Gasteiger partial charge is 0.227 e. The van der Waals surface area contributed by atoms with Crippen LogP contribution in [0.4, 0.5) is 8.78 Å². The van der Waals surface area contributed by atoms with Crippen LogP contribution in [0, 0.1) is 18.6 Å². The first-order chi connectivity index (χ1) is 16.6. The molecular weight excluding hydrogens is 452 g/mol. The number of ether oxygens (including phenoxy) is 2. The second-order valence-corrected chi connectivity index (χ2v) is 10.0. The van der Waals surface area contributed by atoms with Gasteiger partial charge in [-0.3, -0.25) is 4.90 Å². The average molecular weight is 486 g/mol. The molecule has 6 nitrogen and oxygen atoms in total. The normalized spacial score (nSPS) is 15.0. The predicted molar refractivity (Wildman–Crippen MR) is 130 cm³/mol. The molecule has 1 heterocycles. The standard InChI is InChI=1S/C27H33F2N3O3/c1-18-23(16-31(20-11-12-20)15-22(33)17-34-27(2,3)4)26(32(30-18)21-8-6-5-7-9-21)35-25-13-10-19(28)14-24(25)29/h5-10,13-14,20,22,33H,11-12,15-17H2,1-4H3. The summed E-state index contributed by atoms with van der Waals surface area (Å²) in [4.78, 5) is 2.20. The third kappa shape index (κ3) is 6.66. The minimum absolute atomic E-state index is 0.0821. The first-order valence-electron chi connectivity index (χ1n) is 11.9. The molecule has 1 N–H and O–H groups in total. The van der Waals surface area contributed by atoms with E-state index in [9.17, 15) is 13.9 Å². The summed E-state index contributed by atoms with van der Waals surface area (Å²) in [5, 5.41) is 15.3. The largest absolute Gasteiger partial charge is 0.435 e. The van der Waals surface area contributed by atoms with E-state index in [1.807, 2.05) is 58.0 Å². The Morgan fingerprint density at radius 2 is 1.86 bits per heavy atom. The van der Waals surface area contributed by atoms with Crippen LogP contribution in [0.5, 0.6) is 11.6 Å². The molecule has 1 unspecified atom stereocenters. The zero-order chi connectivity index (χ0) is 25.2. The lowest BCUT2D eigenvalue weighted by Gasteiger charge is -2.27. The van der Waals surface area contributed by atoms with Gasteiger partial charge in [0.1, 0.15) is 5.82 Å². The number of rotatable bonds is 10. The number of para-hydroxylation sites is 1. The number of halogens is 2. The van der Waals surface area contributed by atoms with E-state index in [-0.39, 0.29) is 18.0 Å². The lowest BCUT2D eigenvalue weighted by molar-refractivity contribution is -0.0573. The highest BCUT2D eigenvalue weighted by atomic mass is 19.1. The van der Waals surface area contributed by atoms with E-state index in [0.717, 1.165) is 41.9 Å². The van der Waals surface area contributed by atoms with Gasteiger partial charge in [-0.25, -0.2) is 13.5 Å². The van der Waals surface area contributed by atoms with E-state index >= 15 is 0 Å². The molecule has 1 fully saturated rings. The monoisotopic (exact) mass is 485 g/mol. The molecule has 1 aromatic heterocycles. The highest BCUT2D eigenvalue weighted by molar-refractivity contribution is 5.43. The summed E-state index contributed by atoms with van der Waals surface area (Å²) in [7, 11) is 0. The van der Waals surface area contributed by atoms with Gasteiger partial charge in [0.25, 0.3) is 0 Å². The van der Waals surface area contributed by atoms with Crippen LogP contribution in [0.25, 0.3) is 5.69 Å². The molecular formula is C27H33F2N3O3. The minimum Gasteiger partial charge on any atom is -0.435 e. The molecule has 0 bridgehead atoms. The Bertz CT molecular complexity index is 1140. The Morgan fingerprint density at radius 3 is 2.49 bits per heavy atom. The minimum atomic E-state index is -0.789. The van der Waals surface area contributed by atoms with Gasteiger partial charge in [-0.05, 0) is 64.8 Å². The Morgan fingerprint density at radius 1 is 1.14 bits per heavy atom. The Labute approximate surface area is 205 Å². The summed E-state index contributed by atoms with van der Waals surface area (Å²) < 4.78 is 41.4. The van der Waals surface area contributed by atoms with Crippen LogP contribution >= 0.6 is 0 Å². The third-order valence-corrected chi connectivity index (χ3v) is 5.82. The van der Waals surface area contributed by atoms with E-state index < -0.39 is 17.7 Å². The van der Waals surface area contributed by atoms with Gasteiger partial charge in [-0.1, -0.05) is 18.2 Å². The lowest BCUT2D eigenvalue weighted by atomic mass is 10.2. The lowest BCUT2D eigenvalue weighted by Crippen LogP contribution is -2.38. The molecule has 3 aromatic rings. The van der Waals surface area contributed by atoms with Crippen LogP contribution in [-0.4, -0.2) is 50.7 Å². The summed E-state index contributed by atoms with van der Waals surface area (Å²) in [5.41, 5.74) is 1.95. The summed E-state index contributed by atoms with van der Waals surface area (Å²) in [6, 6.07) is 13.0. The molecule has 0 radical (unpaired) electrons. The van der Waals surface area contributed by atoms with E-state index in [1.165, 1.54) is 6.07 Å². The summed E-state index contributed by atoms with van der Waals surface area (Å²) in [5.74, 6) is -1.18. The Balaban J connectivity index is 1.64. The highest BCUT2D eigenvalue weighted by Gasteiger charge is 2.33. The highest BCUT2D eigenvalue weighted by Crippen LogP contribution is 2.36. The van der Waals surface area contributed by atoms with Gasteiger partial charge in [0.05, 0.1) is 35.3 Å². The van der Waals surface area contributed by atoms with Crippen molar-refractivity contribution in [3.63, 3.8) is 0 Å². The average Bonchev–Trinajstić information content (AvgIpc) is 3.60. The van der Waals surface area contributed by atoms with Crippen LogP contribution in [0.3, 0.4) is 0 Å². The number of hydrogen-bond donors (Lipinski definition) is 1. The van der Waals surface area contributed by atoms with Crippen molar-refractivity contribution < 1.29 is 23.4 Å². The third-order valence-electron chi connectivity index (χ3n) is 5.82. The first kappa shape index (κ1) is 25.3. The van der Waals surface area contributed by atoms with Crippen molar-refractivity contribution >= 4 is 0 Å². The van der Waals surface area contributed by atoms with Crippen molar-refractivity contribution in [3.05, 3.63) is 71.4 Å². The molecule has 0 spiro atoms. The van der Waals surface area contributed by atoms with E-state index in [4.69, 9.17) is 9.47 Å². The first-order valence-corrected chi connectivity index (χ1v) is 11.9. The van der Waals surface area contributed by atoms with Crippen molar-refractivity contribution in [3.8, 4) is 17.3 Å². The van der Waals surface area contributed by atoms with Crippen molar-refractivity contribution in [2.45, 2.75) is 64.8 Å². The van der Waals surface area contributed by atoms with E-state index in [2.05, 4.69) is 10.00 Å². The SMILES string of the molecule is Cc1nn(-c2ccccc2)c(Oc2ccc(F)cc2F)c1CN(CC(O)COC(C)(C)C)C1CC1. The molecule has 2 aromatic carbocycles. The maximum atomic E-state index is 14.5. The number of benzene rings is 2. The van der Waals surface area contributed by atoms with E-state index in [0.29, 0.717) is 25.0 Å². The Hall–Kier alpha value is -2.81. The second-order valence-electron chi connectivity index (χ2n) is 10.0. The fourth-order valence-electron chi connectivity index (χ4n) is 3.89. The summed E-state index contributed by atoms with van der Waals surface area (Å²) >= 11 is 0. The predicted octanol–water partition coefficient (Wildman–Crippen LogP) is 5.39. The van der Waals surface area contributed by atoms with Crippen molar-refractivity contribution in [2.24, 2.45) is 0 Å². The zero-order valence-electron chi connectivity index (χ0n) is 20.7. The van der Waals surface area contributed by atoms with Gasteiger partial charge >= 0.3 is 0 Å². The molecule has 0 amide bonds. The topological polar surface area (TPSA) is 59.8 Å². The molecule has 1 aliphatic rings. The molecule has 0 saturated heterocycles. The molecule has 188 valence electrons. The molecule has 1 saturated carbocycles. The Kier molecular flexibility index (Phi) is 7.54. The fourth-order valence-corrected chi connectivity index (χ4v) is 3.89. The maximum Gasteiger partial charge on any atom is 0.227 e. The van der Waals surface area contributed by atoms with Crippen LogP contribution in [0.15, 0.2) is 48.5 Å². The van der Waals surface area contributed by atoms with Gasteiger partial charge in [0.15, 0.2) is 11.6 Å². The number of aliphatic hydroxyl groups excluding tert-OH is 1. The zero-order valence-corrected chi connectivity index (χ0v) is 20.7. The van der Waals surface area contributed by atoms with Gasteiger partial charge in [-0.15, -0.1) is 0 Å².